The number of carbonyl (C=O) groups excluding carboxylic acids is 1. The van der Waals surface area contributed by atoms with Crippen LogP contribution in [0.4, 0.5) is 11.4 Å². The number of aryl methyl sites for hydroxylation is 1. The van der Waals surface area contributed by atoms with Crippen LogP contribution in [0.25, 0.3) is 11.0 Å². The first-order chi connectivity index (χ1) is 16.1. The van der Waals surface area contributed by atoms with Crippen molar-refractivity contribution in [1.29, 1.82) is 0 Å². The molecule has 0 spiro atoms. The van der Waals surface area contributed by atoms with Crippen molar-refractivity contribution in [3.63, 3.8) is 0 Å². The number of ether oxygens (including phenoxy) is 1. The average molecular weight is 460 g/mol. The van der Waals surface area contributed by atoms with Gasteiger partial charge < -0.3 is 19.0 Å². The molecule has 0 unspecified atom stereocenters. The molecule has 33 heavy (non-hydrogen) atoms. The van der Waals surface area contributed by atoms with Crippen molar-refractivity contribution in [2.24, 2.45) is 0 Å². The highest BCUT2D eigenvalue weighted by Crippen LogP contribution is 2.41. The minimum atomic E-state index is -0.141. The maximum Gasteiger partial charge on any atom is 0.263 e. The Kier molecular flexibility index (Phi) is 4.76. The number of hydrogen-bond acceptors (Lipinski definition) is 5. The number of carbonyl (C=O) groups is 1. The summed E-state index contributed by atoms with van der Waals surface area (Å²) in [5, 5.41) is 1.33. The molecule has 2 aromatic heterocycles. The van der Waals surface area contributed by atoms with Crippen LogP contribution in [-0.2, 0) is 0 Å². The third-order valence-electron chi connectivity index (χ3n) is 6.33. The molecule has 1 saturated carbocycles. The van der Waals surface area contributed by atoms with E-state index in [0.29, 0.717) is 40.3 Å². The van der Waals surface area contributed by atoms with Gasteiger partial charge in [0.25, 0.3) is 5.91 Å². The minimum Gasteiger partial charge on any atom is -0.464 e. The molecular weight excluding hydrogens is 438 g/mol. The minimum absolute atomic E-state index is 0.141. The van der Waals surface area contributed by atoms with Crippen molar-refractivity contribution in [2.45, 2.75) is 25.8 Å². The summed E-state index contributed by atoms with van der Waals surface area (Å²) in [7, 11) is 0. The molecule has 1 aliphatic heterocycles. The van der Waals surface area contributed by atoms with Gasteiger partial charge in [0.2, 0.25) is 0 Å². The third-order valence-corrected chi connectivity index (χ3v) is 6.63. The molecule has 0 radical (unpaired) electrons. The smallest absolute Gasteiger partial charge is 0.263 e. The quantitative estimate of drug-likeness (QED) is 0.363. The van der Waals surface area contributed by atoms with E-state index in [4.69, 9.17) is 20.8 Å². The number of pyridine rings is 1. The third kappa shape index (κ3) is 3.51. The van der Waals surface area contributed by atoms with Gasteiger partial charge in [0.05, 0.1) is 22.7 Å². The maximum absolute atomic E-state index is 13.7. The number of hydrogen-bond donors (Lipinski definition) is 0. The number of fused-ring (bicyclic) bond motifs is 2. The van der Waals surface area contributed by atoms with Crippen LogP contribution in [0.1, 0.15) is 28.8 Å². The standard InChI is InChI=1S/C26H22ClN3O3/c1-16-15-32-24-13-20(27)25(12-18(16)24)33-23-8-9-28-14-19(23)26(31)30-11-10-29(17-6-7-17)21-4-2-3-5-22(21)30/h2-5,8-9,12-15,17H,6-7,10-11H2,1H3. The second-order valence-electron chi connectivity index (χ2n) is 8.54. The molecule has 2 aromatic carbocycles. The lowest BCUT2D eigenvalue weighted by Crippen LogP contribution is -2.45. The molecule has 4 aromatic rings. The van der Waals surface area contributed by atoms with Gasteiger partial charge >= 0.3 is 0 Å². The fraction of sp³-hybridized carbons (Fsp3) is 0.231. The first kappa shape index (κ1) is 20.1. The molecule has 1 aliphatic carbocycles. The molecule has 7 heteroatoms. The van der Waals surface area contributed by atoms with Crippen LogP contribution in [-0.4, -0.2) is 30.0 Å². The van der Waals surface area contributed by atoms with Crippen molar-refractivity contribution in [3.8, 4) is 11.5 Å². The number of furan rings is 1. The van der Waals surface area contributed by atoms with Gasteiger partial charge in [0.15, 0.2) is 0 Å². The average Bonchev–Trinajstić information content (AvgIpc) is 3.62. The Morgan fingerprint density at radius 2 is 1.94 bits per heavy atom. The molecule has 0 atom stereocenters. The summed E-state index contributed by atoms with van der Waals surface area (Å²) in [5.41, 5.74) is 4.11. The molecule has 6 nitrogen and oxygen atoms in total. The second-order valence-corrected chi connectivity index (χ2v) is 8.95. The molecule has 2 aliphatic rings. The van der Waals surface area contributed by atoms with Crippen LogP contribution >= 0.6 is 11.6 Å². The van der Waals surface area contributed by atoms with Gasteiger partial charge in [-0.05, 0) is 49.6 Å². The zero-order valence-corrected chi connectivity index (χ0v) is 18.9. The van der Waals surface area contributed by atoms with E-state index in [1.807, 2.05) is 36.1 Å². The summed E-state index contributed by atoms with van der Waals surface area (Å²) < 4.78 is 11.7. The highest BCUT2D eigenvalue weighted by molar-refractivity contribution is 6.32. The van der Waals surface area contributed by atoms with Crippen molar-refractivity contribution in [3.05, 3.63) is 77.3 Å². The molecule has 0 saturated heterocycles. The fourth-order valence-corrected chi connectivity index (χ4v) is 4.68. The molecular formula is C26H22ClN3O3. The monoisotopic (exact) mass is 459 g/mol. The highest BCUT2D eigenvalue weighted by Gasteiger charge is 2.36. The van der Waals surface area contributed by atoms with Gasteiger partial charge in [-0.1, -0.05) is 23.7 Å². The normalized spacial score (nSPS) is 15.6. The summed E-state index contributed by atoms with van der Waals surface area (Å²) in [5.74, 6) is 0.741. The first-order valence-corrected chi connectivity index (χ1v) is 11.4. The van der Waals surface area contributed by atoms with Gasteiger partial charge in [0.1, 0.15) is 22.6 Å². The molecule has 1 fully saturated rings. The van der Waals surface area contributed by atoms with Crippen LogP contribution in [0.5, 0.6) is 11.5 Å². The van der Waals surface area contributed by atoms with E-state index in [9.17, 15) is 4.79 Å². The summed E-state index contributed by atoms with van der Waals surface area (Å²) in [4.78, 5) is 22.2. The number of amides is 1. The number of halogens is 1. The zero-order chi connectivity index (χ0) is 22.5. The maximum atomic E-state index is 13.7. The van der Waals surface area contributed by atoms with Crippen molar-refractivity contribution in [2.75, 3.05) is 22.9 Å². The van der Waals surface area contributed by atoms with Crippen LogP contribution < -0.4 is 14.5 Å². The Morgan fingerprint density at radius 3 is 2.76 bits per heavy atom. The molecule has 6 rings (SSSR count). The van der Waals surface area contributed by atoms with Crippen molar-refractivity contribution >= 4 is 39.9 Å². The molecule has 0 N–H and O–H groups in total. The topological polar surface area (TPSA) is 58.8 Å². The van der Waals surface area contributed by atoms with Crippen LogP contribution in [0.15, 0.2) is 65.5 Å². The second kappa shape index (κ2) is 7.81. The van der Waals surface area contributed by atoms with E-state index >= 15 is 0 Å². The zero-order valence-electron chi connectivity index (χ0n) is 18.1. The number of para-hydroxylation sites is 2. The lowest BCUT2D eigenvalue weighted by molar-refractivity contribution is 0.0984. The van der Waals surface area contributed by atoms with Crippen LogP contribution in [0, 0.1) is 6.92 Å². The Labute approximate surface area is 196 Å². The Hall–Kier alpha value is -3.51. The van der Waals surface area contributed by atoms with E-state index in [1.54, 1.807) is 30.8 Å². The van der Waals surface area contributed by atoms with Gasteiger partial charge in [-0.3, -0.25) is 9.78 Å². The van der Waals surface area contributed by atoms with Gasteiger partial charge in [0, 0.05) is 43.0 Å². The van der Waals surface area contributed by atoms with E-state index in [1.165, 1.54) is 12.8 Å². The summed E-state index contributed by atoms with van der Waals surface area (Å²) in [6.45, 7) is 3.39. The number of rotatable bonds is 4. The fourth-order valence-electron chi connectivity index (χ4n) is 4.49. The Morgan fingerprint density at radius 1 is 1.12 bits per heavy atom. The Bertz CT molecular complexity index is 1380. The highest BCUT2D eigenvalue weighted by atomic mass is 35.5. The number of benzene rings is 2. The summed E-state index contributed by atoms with van der Waals surface area (Å²) >= 11 is 6.46. The van der Waals surface area contributed by atoms with E-state index in [-0.39, 0.29) is 5.91 Å². The molecule has 0 bridgehead atoms. The molecule has 3 heterocycles. The molecule has 166 valence electrons. The van der Waals surface area contributed by atoms with E-state index in [0.717, 1.165) is 28.9 Å². The van der Waals surface area contributed by atoms with Crippen LogP contribution in [0.2, 0.25) is 5.02 Å². The van der Waals surface area contributed by atoms with Crippen molar-refractivity contribution in [1.82, 2.24) is 4.98 Å². The van der Waals surface area contributed by atoms with Gasteiger partial charge in [-0.25, -0.2) is 0 Å². The number of anilines is 2. The Balaban J connectivity index is 1.35. The molecule has 1 amide bonds. The predicted octanol–water partition coefficient (Wildman–Crippen LogP) is 6.21. The largest absolute Gasteiger partial charge is 0.464 e. The van der Waals surface area contributed by atoms with Gasteiger partial charge in [-0.15, -0.1) is 0 Å². The van der Waals surface area contributed by atoms with E-state index in [2.05, 4.69) is 16.0 Å². The number of nitrogens with zero attached hydrogens (tertiary/aromatic N) is 3. The first-order valence-electron chi connectivity index (χ1n) is 11.1. The lowest BCUT2D eigenvalue weighted by Gasteiger charge is -2.38. The summed E-state index contributed by atoms with van der Waals surface area (Å²) in [6.07, 6.45) is 7.28. The lowest BCUT2D eigenvalue weighted by atomic mass is 10.1. The number of aromatic nitrogens is 1. The predicted molar refractivity (Wildman–Crippen MR) is 129 cm³/mol. The summed E-state index contributed by atoms with van der Waals surface area (Å²) in [6, 6.07) is 14.0. The van der Waals surface area contributed by atoms with Crippen molar-refractivity contribution < 1.29 is 13.9 Å². The van der Waals surface area contributed by atoms with Crippen LogP contribution in [0.3, 0.4) is 0 Å². The van der Waals surface area contributed by atoms with Gasteiger partial charge in [-0.2, -0.15) is 0 Å². The SMILES string of the molecule is Cc1coc2cc(Cl)c(Oc3ccncc3C(=O)N3CCN(C4CC4)c4ccccc43)cc12. The van der Waals surface area contributed by atoms with E-state index < -0.39 is 0 Å².